The molecule has 3 heteroatoms. The van der Waals surface area contributed by atoms with Crippen molar-refractivity contribution >= 4 is 0 Å². The van der Waals surface area contributed by atoms with Gasteiger partial charge >= 0.3 is 0 Å². The second-order valence-corrected chi connectivity index (χ2v) is 3.88. The van der Waals surface area contributed by atoms with Crippen LogP contribution in [0.1, 0.15) is 27.2 Å². The van der Waals surface area contributed by atoms with Gasteiger partial charge in [-0.15, -0.1) is 5.11 Å². The summed E-state index contributed by atoms with van der Waals surface area (Å²) in [5, 5.41) is 10.1. The third-order valence-corrected chi connectivity index (χ3v) is 2.07. The minimum Gasteiger partial charge on any atom is -0.269 e. The Hall–Kier alpha value is -1.12. The van der Waals surface area contributed by atoms with E-state index in [2.05, 4.69) is 49.3 Å². The molecule has 78 valence electrons. The van der Waals surface area contributed by atoms with Gasteiger partial charge in [0.1, 0.15) is 6.04 Å². The molecule has 0 radical (unpaired) electrons. The molecule has 0 aromatic carbocycles. The molecule has 1 rings (SSSR count). The van der Waals surface area contributed by atoms with Crippen LogP contribution < -0.4 is 0 Å². The quantitative estimate of drug-likeness (QED) is 0.633. The predicted octanol–water partition coefficient (Wildman–Crippen LogP) is 3.17. The summed E-state index contributed by atoms with van der Waals surface area (Å²) in [5.74, 6) is 0.521. The van der Waals surface area contributed by atoms with E-state index >= 15 is 0 Å². The average Bonchev–Trinajstić information content (AvgIpc) is 2.44. The van der Waals surface area contributed by atoms with E-state index in [-0.39, 0.29) is 6.04 Å². The molecular formula is C11H19N3. The van der Waals surface area contributed by atoms with Gasteiger partial charge in [0.25, 0.3) is 0 Å². The molecular weight excluding hydrogens is 174 g/mol. The van der Waals surface area contributed by atoms with Gasteiger partial charge in [0.05, 0.1) is 5.70 Å². The molecule has 14 heavy (non-hydrogen) atoms. The Balaban J connectivity index is 2.75. The maximum atomic E-state index is 4.15. The monoisotopic (exact) mass is 193 g/mol. The Morgan fingerprint density at radius 3 is 2.79 bits per heavy atom. The molecule has 0 aromatic heterocycles. The Morgan fingerprint density at radius 2 is 2.21 bits per heavy atom. The predicted molar refractivity (Wildman–Crippen MR) is 58.8 cm³/mol. The summed E-state index contributed by atoms with van der Waals surface area (Å²) in [7, 11) is 1.95. The fraction of sp³-hybridized carbons (Fsp3) is 0.636. The molecule has 1 unspecified atom stereocenters. The molecule has 1 atom stereocenters. The minimum atomic E-state index is 0.234. The van der Waals surface area contributed by atoms with Crippen molar-refractivity contribution in [3.05, 3.63) is 23.9 Å². The van der Waals surface area contributed by atoms with Crippen molar-refractivity contribution in [2.24, 2.45) is 16.3 Å². The van der Waals surface area contributed by atoms with Crippen molar-refractivity contribution in [3.8, 4) is 0 Å². The number of hydrogen-bond acceptors (Lipinski definition) is 3. The zero-order valence-electron chi connectivity index (χ0n) is 9.44. The van der Waals surface area contributed by atoms with Gasteiger partial charge in [-0.25, -0.2) is 0 Å². The highest BCUT2D eigenvalue weighted by molar-refractivity contribution is 5.19. The summed E-state index contributed by atoms with van der Waals surface area (Å²) in [4.78, 5) is 0. The molecule has 0 amide bonds. The molecule has 0 aliphatic carbocycles. The van der Waals surface area contributed by atoms with Crippen LogP contribution in [0.15, 0.2) is 34.3 Å². The lowest BCUT2D eigenvalue weighted by Crippen LogP contribution is -2.21. The Morgan fingerprint density at radius 1 is 1.50 bits per heavy atom. The van der Waals surface area contributed by atoms with Crippen LogP contribution in [0.3, 0.4) is 0 Å². The van der Waals surface area contributed by atoms with E-state index in [0.29, 0.717) is 5.92 Å². The highest BCUT2D eigenvalue weighted by Gasteiger charge is 2.21. The lowest BCUT2D eigenvalue weighted by molar-refractivity contribution is 0.346. The van der Waals surface area contributed by atoms with Gasteiger partial charge in [-0.3, -0.25) is 5.01 Å². The van der Waals surface area contributed by atoms with Gasteiger partial charge in [-0.05, 0) is 12.3 Å². The lowest BCUT2D eigenvalue weighted by atomic mass is 10.1. The van der Waals surface area contributed by atoms with Gasteiger partial charge in [-0.2, -0.15) is 0 Å². The summed E-state index contributed by atoms with van der Waals surface area (Å²) < 4.78 is 0. The molecule has 0 saturated heterocycles. The highest BCUT2D eigenvalue weighted by Crippen LogP contribution is 2.22. The van der Waals surface area contributed by atoms with Crippen LogP contribution >= 0.6 is 0 Å². The molecule has 3 nitrogen and oxygen atoms in total. The van der Waals surface area contributed by atoms with Crippen LogP contribution in [-0.2, 0) is 0 Å². The van der Waals surface area contributed by atoms with E-state index in [1.54, 1.807) is 0 Å². The first-order chi connectivity index (χ1) is 6.65. The number of allylic oxidation sites excluding steroid dienone is 2. The van der Waals surface area contributed by atoms with E-state index in [1.807, 2.05) is 12.1 Å². The molecule has 0 fully saturated rings. The van der Waals surface area contributed by atoms with Crippen molar-refractivity contribution in [1.82, 2.24) is 5.01 Å². The Labute approximate surface area is 86.2 Å². The Kier molecular flexibility index (Phi) is 3.86. The molecule has 1 aliphatic heterocycles. The SMILES string of the molecule is CC/C=C/C1/C(=C\C(C)C)N=NN1C. The van der Waals surface area contributed by atoms with Crippen LogP contribution in [0, 0.1) is 5.92 Å². The third-order valence-electron chi connectivity index (χ3n) is 2.07. The molecule has 0 aromatic rings. The zero-order valence-corrected chi connectivity index (χ0v) is 9.44. The molecule has 1 heterocycles. The fourth-order valence-electron chi connectivity index (χ4n) is 1.39. The maximum absolute atomic E-state index is 4.15. The van der Waals surface area contributed by atoms with Crippen molar-refractivity contribution in [2.75, 3.05) is 7.05 Å². The minimum absolute atomic E-state index is 0.234. The molecule has 0 bridgehead atoms. The fourth-order valence-corrected chi connectivity index (χ4v) is 1.39. The van der Waals surface area contributed by atoms with Crippen molar-refractivity contribution in [2.45, 2.75) is 33.2 Å². The topological polar surface area (TPSA) is 28.0 Å². The van der Waals surface area contributed by atoms with Gasteiger partial charge < -0.3 is 0 Å². The number of nitrogens with zero attached hydrogens (tertiary/aromatic N) is 3. The van der Waals surface area contributed by atoms with Crippen LogP contribution in [0.25, 0.3) is 0 Å². The van der Waals surface area contributed by atoms with E-state index in [1.165, 1.54) is 0 Å². The average molecular weight is 193 g/mol. The first-order valence-electron chi connectivity index (χ1n) is 5.18. The molecule has 0 spiro atoms. The standard InChI is InChI=1S/C11H19N3/c1-5-6-7-11-10(8-9(2)3)12-13-14(11)4/h6-9,11H,5H2,1-4H3/b7-6+,10-8+. The van der Waals surface area contributed by atoms with E-state index < -0.39 is 0 Å². The third kappa shape index (κ3) is 2.69. The van der Waals surface area contributed by atoms with Crippen molar-refractivity contribution < 1.29 is 0 Å². The van der Waals surface area contributed by atoms with Crippen LogP contribution in [0.2, 0.25) is 0 Å². The first-order valence-corrected chi connectivity index (χ1v) is 5.18. The maximum Gasteiger partial charge on any atom is 0.110 e. The first kappa shape index (κ1) is 11.0. The van der Waals surface area contributed by atoms with Crippen molar-refractivity contribution in [3.63, 3.8) is 0 Å². The number of rotatable bonds is 3. The van der Waals surface area contributed by atoms with E-state index in [9.17, 15) is 0 Å². The largest absolute Gasteiger partial charge is 0.269 e. The number of hydrogen-bond donors (Lipinski definition) is 0. The van der Waals surface area contributed by atoms with Gasteiger partial charge in [0.2, 0.25) is 0 Å². The summed E-state index contributed by atoms with van der Waals surface area (Å²) in [6, 6.07) is 0.234. The highest BCUT2D eigenvalue weighted by atomic mass is 15.6. The summed E-state index contributed by atoms with van der Waals surface area (Å²) in [6.07, 6.45) is 7.54. The van der Waals surface area contributed by atoms with Crippen LogP contribution in [-0.4, -0.2) is 18.1 Å². The summed E-state index contributed by atoms with van der Waals surface area (Å²) in [5.41, 5.74) is 1.06. The van der Waals surface area contributed by atoms with E-state index in [4.69, 9.17) is 0 Å². The summed E-state index contributed by atoms with van der Waals surface area (Å²) in [6.45, 7) is 6.44. The second-order valence-electron chi connectivity index (χ2n) is 3.88. The molecule has 0 N–H and O–H groups in total. The van der Waals surface area contributed by atoms with Crippen LogP contribution in [0.4, 0.5) is 0 Å². The van der Waals surface area contributed by atoms with Gasteiger partial charge in [0, 0.05) is 7.05 Å². The number of likely N-dealkylation sites (N-methyl/N-ethyl adjacent to an activating group) is 1. The lowest BCUT2D eigenvalue weighted by Gasteiger charge is -2.13. The van der Waals surface area contributed by atoms with E-state index in [0.717, 1.165) is 12.1 Å². The Bertz CT molecular complexity index is 264. The van der Waals surface area contributed by atoms with Gasteiger partial charge in [-0.1, -0.05) is 44.2 Å². The molecule has 0 saturated carbocycles. The second kappa shape index (κ2) is 4.94. The van der Waals surface area contributed by atoms with Crippen molar-refractivity contribution in [1.29, 1.82) is 0 Å². The smallest absolute Gasteiger partial charge is 0.110 e. The van der Waals surface area contributed by atoms with Crippen LogP contribution in [0.5, 0.6) is 0 Å². The molecule has 1 aliphatic rings. The van der Waals surface area contributed by atoms with Gasteiger partial charge in [0.15, 0.2) is 0 Å². The summed E-state index contributed by atoms with van der Waals surface area (Å²) >= 11 is 0. The zero-order chi connectivity index (χ0) is 10.6. The normalized spacial score (nSPS) is 24.8.